The Morgan fingerprint density at radius 1 is 1.19 bits per heavy atom. The number of aromatic nitrogens is 1. The minimum Gasteiger partial charge on any atom is -0.349 e. The number of rotatable bonds is 3. The summed E-state index contributed by atoms with van der Waals surface area (Å²) in [4.78, 5) is 7.26. The lowest BCUT2D eigenvalue weighted by Crippen LogP contribution is -2.46. The van der Waals surface area contributed by atoms with Crippen molar-refractivity contribution in [2.24, 2.45) is 0 Å². The zero-order chi connectivity index (χ0) is 14.1. The Morgan fingerprint density at radius 2 is 2.05 bits per heavy atom. The number of piperidine rings is 1. The summed E-state index contributed by atoms with van der Waals surface area (Å²) in [5.41, 5.74) is 1.11. The van der Waals surface area contributed by atoms with Gasteiger partial charge in [-0.3, -0.25) is 4.90 Å². The van der Waals surface area contributed by atoms with Crippen LogP contribution in [-0.2, 0) is 16.0 Å². The molecular formula is C16H20N2O2S. The molecule has 21 heavy (non-hydrogen) atoms. The van der Waals surface area contributed by atoms with Crippen LogP contribution >= 0.6 is 11.3 Å². The van der Waals surface area contributed by atoms with Gasteiger partial charge in [0.15, 0.2) is 6.29 Å². The van der Waals surface area contributed by atoms with Gasteiger partial charge in [0.2, 0.25) is 0 Å². The first kappa shape index (κ1) is 13.6. The molecule has 2 aliphatic heterocycles. The summed E-state index contributed by atoms with van der Waals surface area (Å²) in [5, 5.41) is 1.20. The second-order valence-electron chi connectivity index (χ2n) is 5.72. The second kappa shape index (κ2) is 6.01. The molecule has 5 heteroatoms. The minimum atomic E-state index is -0.0420. The SMILES string of the molecule is c1ccc2sc(CN3CCCC[C@@H]3C3OCCO3)nc2c1. The van der Waals surface area contributed by atoms with Crippen molar-refractivity contribution in [1.82, 2.24) is 9.88 Å². The van der Waals surface area contributed by atoms with Gasteiger partial charge in [0.05, 0.1) is 36.0 Å². The van der Waals surface area contributed by atoms with Crippen LogP contribution in [-0.4, -0.2) is 42.0 Å². The fraction of sp³-hybridized carbons (Fsp3) is 0.562. The molecule has 4 rings (SSSR count). The Balaban J connectivity index is 1.53. The van der Waals surface area contributed by atoms with E-state index in [-0.39, 0.29) is 6.29 Å². The molecule has 3 heterocycles. The predicted octanol–water partition coefficient (Wildman–Crippen LogP) is 3.02. The third-order valence-corrected chi connectivity index (χ3v) is 5.32. The molecule has 2 aromatic rings. The van der Waals surface area contributed by atoms with Gasteiger partial charge in [-0.15, -0.1) is 11.3 Å². The summed E-state index contributed by atoms with van der Waals surface area (Å²) in [6, 6.07) is 8.75. The van der Waals surface area contributed by atoms with Crippen molar-refractivity contribution in [3.05, 3.63) is 29.3 Å². The number of benzene rings is 1. The Kier molecular flexibility index (Phi) is 3.90. The third kappa shape index (κ3) is 2.83. The zero-order valence-corrected chi connectivity index (χ0v) is 12.8. The molecule has 0 bridgehead atoms. The Labute approximate surface area is 128 Å². The summed E-state index contributed by atoms with van der Waals surface area (Å²) >= 11 is 1.80. The molecule has 0 spiro atoms. The van der Waals surface area contributed by atoms with Gasteiger partial charge in [-0.2, -0.15) is 0 Å². The zero-order valence-electron chi connectivity index (χ0n) is 12.0. The van der Waals surface area contributed by atoms with Gasteiger partial charge in [0, 0.05) is 0 Å². The summed E-state index contributed by atoms with van der Waals surface area (Å²) in [5.74, 6) is 0. The molecule has 2 saturated heterocycles. The lowest BCUT2D eigenvalue weighted by Gasteiger charge is -2.37. The number of hydrogen-bond donors (Lipinski definition) is 0. The van der Waals surface area contributed by atoms with Crippen LogP contribution in [0.4, 0.5) is 0 Å². The number of hydrogen-bond acceptors (Lipinski definition) is 5. The van der Waals surface area contributed by atoms with Gasteiger partial charge < -0.3 is 9.47 Å². The van der Waals surface area contributed by atoms with E-state index in [0.717, 1.165) is 38.2 Å². The number of likely N-dealkylation sites (tertiary alicyclic amines) is 1. The number of para-hydroxylation sites is 1. The van der Waals surface area contributed by atoms with Crippen molar-refractivity contribution in [3.63, 3.8) is 0 Å². The largest absolute Gasteiger partial charge is 0.349 e. The monoisotopic (exact) mass is 304 g/mol. The highest BCUT2D eigenvalue weighted by molar-refractivity contribution is 7.18. The molecule has 4 nitrogen and oxygen atoms in total. The standard InChI is InChI=1S/C16H20N2O2S/c1-2-7-14-12(5-1)17-15(21-14)11-18-8-4-3-6-13(18)16-19-9-10-20-16/h1-2,5,7,13,16H,3-4,6,8-11H2/t13-/m1/s1. The minimum absolute atomic E-state index is 0.0420. The third-order valence-electron chi connectivity index (χ3n) is 4.30. The van der Waals surface area contributed by atoms with Gasteiger partial charge in [-0.25, -0.2) is 4.98 Å². The van der Waals surface area contributed by atoms with E-state index in [4.69, 9.17) is 14.5 Å². The smallest absolute Gasteiger partial charge is 0.173 e. The summed E-state index contributed by atoms with van der Waals surface area (Å²) in [6.07, 6.45) is 3.65. The van der Waals surface area contributed by atoms with E-state index in [9.17, 15) is 0 Å². The summed E-state index contributed by atoms with van der Waals surface area (Å²) < 4.78 is 12.7. The highest BCUT2D eigenvalue weighted by Gasteiger charge is 2.33. The molecule has 0 amide bonds. The lowest BCUT2D eigenvalue weighted by atomic mass is 10.0. The van der Waals surface area contributed by atoms with Crippen molar-refractivity contribution < 1.29 is 9.47 Å². The molecule has 112 valence electrons. The predicted molar refractivity (Wildman–Crippen MR) is 83.4 cm³/mol. The van der Waals surface area contributed by atoms with Crippen LogP contribution in [0.25, 0.3) is 10.2 Å². The fourth-order valence-electron chi connectivity index (χ4n) is 3.28. The Morgan fingerprint density at radius 3 is 2.90 bits per heavy atom. The van der Waals surface area contributed by atoms with E-state index in [1.165, 1.54) is 22.5 Å². The average Bonchev–Trinajstić information content (AvgIpc) is 3.16. The molecule has 1 aromatic heterocycles. The second-order valence-corrected chi connectivity index (χ2v) is 6.83. The van der Waals surface area contributed by atoms with E-state index in [1.54, 1.807) is 11.3 Å². The van der Waals surface area contributed by atoms with Crippen LogP contribution in [0.5, 0.6) is 0 Å². The Hall–Kier alpha value is -1.01. The first-order chi connectivity index (χ1) is 10.4. The summed E-state index contributed by atoms with van der Waals surface area (Å²) in [7, 11) is 0. The quantitative estimate of drug-likeness (QED) is 0.873. The molecule has 0 aliphatic carbocycles. The van der Waals surface area contributed by atoms with Gasteiger partial charge >= 0.3 is 0 Å². The van der Waals surface area contributed by atoms with Gasteiger partial charge in [0.1, 0.15) is 5.01 Å². The van der Waals surface area contributed by atoms with E-state index < -0.39 is 0 Å². The van der Waals surface area contributed by atoms with E-state index >= 15 is 0 Å². The van der Waals surface area contributed by atoms with Gasteiger partial charge in [0.25, 0.3) is 0 Å². The molecule has 0 unspecified atom stereocenters. The molecular weight excluding hydrogens is 284 g/mol. The number of fused-ring (bicyclic) bond motifs is 1. The van der Waals surface area contributed by atoms with E-state index in [0.29, 0.717) is 6.04 Å². The van der Waals surface area contributed by atoms with Crippen molar-refractivity contribution in [2.45, 2.75) is 38.1 Å². The van der Waals surface area contributed by atoms with Crippen molar-refractivity contribution in [2.75, 3.05) is 19.8 Å². The van der Waals surface area contributed by atoms with E-state index in [1.807, 2.05) is 0 Å². The number of ether oxygens (including phenoxy) is 2. The highest BCUT2D eigenvalue weighted by atomic mass is 32.1. The normalized spacial score (nSPS) is 24.9. The average molecular weight is 304 g/mol. The van der Waals surface area contributed by atoms with Crippen LogP contribution in [0.15, 0.2) is 24.3 Å². The maximum atomic E-state index is 5.74. The van der Waals surface area contributed by atoms with E-state index in [2.05, 4.69) is 29.2 Å². The summed E-state index contributed by atoms with van der Waals surface area (Å²) in [6.45, 7) is 3.49. The van der Waals surface area contributed by atoms with Crippen molar-refractivity contribution in [1.29, 1.82) is 0 Å². The molecule has 2 fully saturated rings. The first-order valence-electron chi connectivity index (χ1n) is 7.72. The topological polar surface area (TPSA) is 34.6 Å². The molecule has 2 aliphatic rings. The maximum absolute atomic E-state index is 5.74. The molecule has 1 aromatic carbocycles. The van der Waals surface area contributed by atoms with Crippen molar-refractivity contribution >= 4 is 21.6 Å². The molecule has 0 saturated carbocycles. The maximum Gasteiger partial charge on any atom is 0.173 e. The first-order valence-corrected chi connectivity index (χ1v) is 8.53. The van der Waals surface area contributed by atoms with Gasteiger partial charge in [-0.05, 0) is 31.5 Å². The lowest BCUT2D eigenvalue weighted by molar-refractivity contribution is -0.111. The molecule has 0 N–H and O–H groups in total. The van der Waals surface area contributed by atoms with Crippen LogP contribution in [0, 0.1) is 0 Å². The van der Waals surface area contributed by atoms with Crippen LogP contribution in [0.2, 0.25) is 0 Å². The van der Waals surface area contributed by atoms with Crippen molar-refractivity contribution in [3.8, 4) is 0 Å². The van der Waals surface area contributed by atoms with Crippen LogP contribution < -0.4 is 0 Å². The fourth-order valence-corrected chi connectivity index (χ4v) is 4.27. The Bertz CT molecular complexity index is 576. The van der Waals surface area contributed by atoms with Crippen LogP contribution in [0.3, 0.4) is 0 Å². The number of thiazole rings is 1. The molecule has 1 atom stereocenters. The number of nitrogens with zero attached hydrogens (tertiary/aromatic N) is 2. The highest BCUT2D eigenvalue weighted by Crippen LogP contribution is 2.28. The van der Waals surface area contributed by atoms with Gasteiger partial charge in [-0.1, -0.05) is 18.6 Å². The van der Waals surface area contributed by atoms with Crippen LogP contribution in [0.1, 0.15) is 24.3 Å². The molecule has 0 radical (unpaired) electrons.